The summed E-state index contributed by atoms with van der Waals surface area (Å²) in [5.41, 5.74) is 2.11. The second-order valence-corrected chi connectivity index (χ2v) is 11.6. The van der Waals surface area contributed by atoms with Gasteiger partial charge in [-0.2, -0.15) is 0 Å². The van der Waals surface area contributed by atoms with Gasteiger partial charge in [0.25, 0.3) is 11.6 Å². The summed E-state index contributed by atoms with van der Waals surface area (Å²) in [4.78, 5) is 39.1. The van der Waals surface area contributed by atoms with Crippen LogP contribution in [-0.2, 0) is 4.79 Å². The van der Waals surface area contributed by atoms with Gasteiger partial charge in [0.05, 0.1) is 15.2 Å². The smallest absolute Gasteiger partial charge is 0.326 e. The molecule has 2 N–H and O–H groups in total. The lowest BCUT2D eigenvalue weighted by Gasteiger charge is -2.37. The Bertz CT molecular complexity index is 1210. The van der Waals surface area contributed by atoms with Crippen LogP contribution in [0.3, 0.4) is 0 Å². The Hall–Kier alpha value is -2.78. The number of carboxylic acids is 1. The molecule has 1 aliphatic carbocycles. The van der Waals surface area contributed by atoms with Crippen LogP contribution >= 0.6 is 23.4 Å². The van der Waals surface area contributed by atoms with Gasteiger partial charge >= 0.3 is 5.97 Å². The van der Waals surface area contributed by atoms with Gasteiger partial charge in [-0.15, -0.1) is 23.4 Å². The number of carbonyl (C=O) groups excluding carboxylic acids is 1. The predicted octanol–water partition coefficient (Wildman–Crippen LogP) is 5.36. The zero-order valence-corrected chi connectivity index (χ0v) is 21.4. The average Bonchev–Trinajstić information content (AvgIpc) is 3.19. The predicted molar refractivity (Wildman–Crippen MR) is 139 cm³/mol. The Labute approximate surface area is 218 Å². The van der Waals surface area contributed by atoms with E-state index in [1.54, 1.807) is 30.3 Å². The monoisotopic (exact) mass is 529 g/mol. The van der Waals surface area contributed by atoms with E-state index in [2.05, 4.69) is 12.2 Å². The SMILES string of the molecule is C[C@H]1CCCCN1C(=O)c1ccc2c(c1)[C@@H]1[C@@H](Cl)[C@@H](Sc3ccccc3[N+](=O)[O-])C[C@H]1[C@H](C(=O)O)N2. The number of rotatable bonds is 5. The molecule has 2 heterocycles. The highest BCUT2D eigenvalue weighted by molar-refractivity contribution is 8.00. The number of nitrogens with zero attached hydrogens (tertiary/aromatic N) is 2. The van der Waals surface area contributed by atoms with E-state index >= 15 is 0 Å². The summed E-state index contributed by atoms with van der Waals surface area (Å²) in [5, 5.41) is 24.0. The molecule has 2 fully saturated rings. The second kappa shape index (κ2) is 9.94. The number of carbonyl (C=O) groups is 2. The molecule has 1 saturated heterocycles. The van der Waals surface area contributed by atoms with Crippen LogP contribution in [0.4, 0.5) is 11.4 Å². The van der Waals surface area contributed by atoms with Crippen LogP contribution in [0.5, 0.6) is 0 Å². The highest BCUT2D eigenvalue weighted by atomic mass is 35.5. The minimum atomic E-state index is -0.960. The summed E-state index contributed by atoms with van der Waals surface area (Å²) in [6.45, 7) is 2.80. The van der Waals surface area contributed by atoms with Gasteiger partial charge in [0.2, 0.25) is 0 Å². The summed E-state index contributed by atoms with van der Waals surface area (Å²) in [5.74, 6) is -1.58. The van der Waals surface area contributed by atoms with E-state index in [0.717, 1.165) is 31.4 Å². The number of amides is 1. The average molecular weight is 530 g/mol. The number of alkyl halides is 1. The van der Waals surface area contributed by atoms with Crippen molar-refractivity contribution < 1.29 is 19.6 Å². The summed E-state index contributed by atoms with van der Waals surface area (Å²) >= 11 is 8.36. The molecule has 0 aromatic heterocycles. The van der Waals surface area contributed by atoms with E-state index in [4.69, 9.17) is 11.6 Å². The van der Waals surface area contributed by atoms with Gasteiger partial charge in [0.1, 0.15) is 6.04 Å². The van der Waals surface area contributed by atoms with Crippen molar-refractivity contribution in [2.24, 2.45) is 5.92 Å². The molecule has 6 atom stereocenters. The molecule has 0 bridgehead atoms. The number of halogens is 1. The van der Waals surface area contributed by atoms with Crippen LogP contribution < -0.4 is 5.32 Å². The number of piperidine rings is 1. The van der Waals surface area contributed by atoms with Gasteiger partial charge in [-0.3, -0.25) is 14.9 Å². The normalized spacial score (nSPS) is 29.1. The van der Waals surface area contributed by atoms with E-state index in [1.165, 1.54) is 17.8 Å². The van der Waals surface area contributed by atoms with E-state index < -0.39 is 22.3 Å². The molecular formula is C26H28ClN3O5S. The fourth-order valence-corrected chi connectivity index (χ4v) is 7.87. The number of carboxylic acid groups (broad SMARTS) is 1. The van der Waals surface area contributed by atoms with Gasteiger partial charge in [0.15, 0.2) is 0 Å². The number of nitro groups is 1. The number of nitrogens with one attached hydrogen (secondary N) is 1. The lowest BCUT2D eigenvalue weighted by Crippen LogP contribution is -2.43. The molecule has 1 amide bonds. The van der Waals surface area contributed by atoms with E-state index in [1.807, 2.05) is 11.0 Å². The number of hydrogen-bond acceptors (Lipinski definition) is 6. The van der Waals surface area contributed by atoms with Crippen molar-refractivity contribution in [1.29, 1.82) is 0 Å². The molecular weight excluding hydrogens is 502 g/mol. The number of likely N-dealkylation sites (tertiary alicyclic amines) is 1. The molecule has 2 aromatic carbocycles. The molecule has 1 saturated carbocycles. The molecule has 3 aliphatic rings. The summed E-state index contributed by atoms with van der Waals surface area (Å²) in [6.07, 6.45) is 3.57. The first-order valence-electron chi connectivity index (χ1n) is 12.2. The summed E-state index contributed by atoms with van der Waals surface area (Å²) in [6, 6.07) is 11.3. The van der Waals surface area contributed by atoms with Crippen molar-refractivity contribution in [2.45, 2.75) is 66.1 Å². The van der Waals surface area contributed by atoms with Crippen LogP contribution in [0, 0.1) is 16.0 Å². The Kier molecular flexibility index (Phi) is 6.87. The third-order valence-electron chi connectivity index (χ3n) is 7.73. The van der Waals surface area contributed by atoms with Crippen molar-refractivity contribution in [3.05, 3.63) is 63.7 Å². The quantitative estimate of drug-likeness (QED) is 0.304. The molecule has 8 nitrogen and oxygen atoms in total. The molecule has 0 spiro atoms. The first-order valence-corrected chi connectivity index (χ1v) is 13.6. The number of aliphatic carboxylic acids is 1. The van der Waals surface area contributed by atoms with Gasteiger partial charge in [-0.1, -0.05) is 12.1 Å². The van der Waals surface area contributed by atoms with Crippen molar-refractivity contribution >= 4 is 46.6 Å². The fourth-order valence-electron chi connectivity index (χ4n) is 5.93. The van der Waals surface area contributed by atoms with Gasteiger partial charge in [0, 0.05) is 41.1 Å². The first-order chi connectivity index (χ1) is 17.3. The standard InChI is InChI=1S/C26H28ClN3O5S/c1-14-6-4-5-11-29(14)25(31)15-9-10-18-16(12-15)22-17(24(28-18)26(32)33)13-21(23(22)27)36-20-8-3-2-7-19(20)30(34)35/h2-3,7-10,12,14,17,21-24,28H,4-6,11,13H2,1H3,(H,32,33)/t14-,17+,21-,22-,23-,24+/m0/s1. The summed E-state index contributed by atoms with van der Waals surface area (Å²) in [7, 11) is 0. The number of para-hydroxylation sites is 1. The van der Waals surface area contributed by atoms with E-state index in [9.17, 15) is 24.8 Å². The number of fused-ring (bicyclic) bond motifs is 3. The number of hydrogen-bond donors (Lipinski definition) is 2. The fraction of sp³-hybridized carbons (Fsp3) is 0.462. The molecule has 0 unspecified atom stereocenters. The first kappa shape index (κ1) is 24.9. The third-order valence-corrected chi connectivity index (χ3v) is 9.84. The van der Waals surface area contributed by atoms with E-state index in [-0.39, 0.29) is 34.7 Å². The van der Waals surface area contributed by atoms with Crippen molar-refractivity contribution in [1.82, 2.24) is 4.90 Å². The number of benzene rings is 2. The van der Waals surface area contributed by atoms with Gasteiger partial charge < -0.3 is 15.3 Å². The molecule has 190 valence electrons. The van der Waals surface area contributed by atoms with Gasteiger partial charge in [-0.25, -0.2) is 4.79 Å². The molecule has 0 radical (unpaired) electrons. The second-order valence-electron chi connectivity index (χ2n) is 9.86. The molecule has 2 aromatic rings. The molecule has 5 rings (SSSR count). The van der Waals surface area contributed by atoms with Gasteiger partial charge in [-0.05, 0) is 68.4 Å². The van der Waals surface area contributed by atoms with Crippen LogP contribution in [0.25, 0.3) is 0 Å². The maximum absolute atomic E-state index is 13.4. The minimum Gasteiger partial charge on any atom is -0.480 e. The topological polar surface area (TPSA) is 113 Å². The highest BCUT2D eigenvalue weighted by Crippen LogP contribution is 2.55. The van der Waals surface area contributed by atoms with Crippen molar-refractivity contribution in [3.8, 4) is 0 Å². The van der Waals surface area contributed by atoms with E-state index in [0.29, 0.717) is 22.6 Å². The highest BCUT2D eigenvalue weighted by Gasteiger charge is 2.52. The maximum Gasteiger partial charge on any atom is 0.326 e. The summed E-state index contributed by atoms with van der Waals surface area (Å²) < 4.78 is 0. The minimum absolute atomic E-state index is 0.0121. The maximum atomic E-state index is 13.4. The lowest BCUT2D eigenvalue weighted by atomic mass is 9.79. The number of anilines is 1. The van der Waals surface area contributed by atoms with Crippen molar-refractivity contribution in [3.63, 3.8) is 0 Å². The molecule has 36 heavy (non-hydrogen) atoms. The lowest BCUT2D eigenvalue weighted by molar-refractivity contribution is -0.387. The number of thioether (sulfide) groups is 1. The molecule has 2 aliphatic heterocycles. The Morgan fingerprint density at radius 3 is 2.72 bits per heavy atom. The van der Waals surface area contributed by atoms with Crippen LogP contribution in [0.15, 0.2) is 47.4 Å². The van der Waals surface area contributed by atoms with Crippen LogP contribution in [0.1, 0.15) is 54.4 Å². The third kappa shape index (κ3) is 4.43. The Morgan fingerprint density at radius 1 is 1.22 bits per heavy atom. The largest absolute Gasteiger partial charge is 0.480 e. The Morgan fingerprint density at radius 2 is 2.00 bits per heavy atom. The van der Waals surface area contributed by atoms with Crippen LogP contribution in [-0.4, -0.2) is 56.1 Å². The zero-order valence-electron chi connectivity index (χ0n) is 19.8. The zero-order chi connectivity index (χ0) is 25.6. The molecule has 10 heteroatoms. The number of nitro benzene ring substituents is 1. The Balaban J connectivity index is 1.48. The van der Waals surface area contributed by atoms with Crippen molar-refractivity contribution in [2.75, 3.05) is 11.9 Å². The van der Waals surface area contributed by atoms with Crippen LogP contribution in [0.2, 0.25) is 0 Å².